The summed E-state index contributed by atoms with van der Waals surface area (Å²) in [5.41, 5.74) is 1.80. The fourth-order valence-corrected chi connectivity index (χ4v) is 3.45. The van der Waals surface area contributed by atoms with Crippen LogP contribution in [0.15, 0.2) is 54.6 Å². The van der Waals surface area contributed by atoms with Gasteiger partial charge in [0.15, 0.2) is 11.6 Å². The number of carbonyl (C=O) groups is 2. The van der Waals surface area contributed by atoms with Crippen LogP contribution in [0.2, 0.25) is 0 Å². The van der Waals surface area contributed by atoms with Crippen LogP contribution in [0.5, 0.6) is 5.75 Å². The molecule has 0 spiro atoms. The Kier molecular flexibility index (Phi) is 8.97. The molecule has 1 N–H and O–H groups in total. The molecule has 3 rings (SSSR count). The van der Waals surface area contributed by atoms with Crippen molar-refractivity contribution >= 4 is 11.9 Å². The van der Waals surface area contributed by atoms with E-state index in [-0.39, 0.29) is 30.3 Å². The first-order valence-electron chi connectivity index (χ1n) is 11.7. The minimum absolute atomic E-state index is 0.0501. The molecule has 0 saturated carbocycles. The quantitative estimate of drug-likeness (QED) is 0.472. The van der Waals surface area contributed by atoms with Crippen LogP contribution in [0.4, 0.5) is 4.79 Å². The predicted octanol–water partition coefficient (Wildman–Crippen LogP) is 3.70. The molecular weight excluding hydrogens is 444 g/mol. The van der Waals surface area contributed by atoms with Crippen molar-refractivity contribution in [1.82, 2.24) is 30.6 Å². The van der Waals surface area contributed by atoms with Gasteiger partial charge in [-0.3, -0.25) is 4.79 Å². The van der Waals surface area contributed by atoms with Gasteiger partial charge in [-0.1, -0.05) is 70.2 Å². The Morgan fingerprint density at radius 3 is 2.11 bits per heavy atom. The lowest BCUT2D eigenvalue weighted by Crippen LogP contribution is -2.44. The van der Waals surface area contributed by atoms with Gasteiger partial charge in [-0.25, -0.2) is 4.79 Å². The highest BCUT2D eigenvalue weighted by Gasteiger charge is 2.22. The summed E-state index contributed by atoms with van der Waals surface area (Å²) in [6.07, 6.45) is 0.0161. The van der Waals surface area contributed by atoms with Gasteiger partial charge in [-0.05, 0) is 24.1 Å². The molecule has 9 heteroatoms. The van der Waals surface area contributed by atoms with Gasteiger partial charge in [-0.15, -0.1) is 20.4 Å². The minimum Gasteiger partial charge on any atom is -0.410 e. The number of Topliss-reactive ketones (excluding diaryl/α,β-unsaturated/α-hetero) is 1. The average molecular weight is 477 g/mol. The van der Waals surface area contributed by atoms with E-state index in [1.807, 2.05) is 70.2 Å². The van der Waals surface area contributed by atoms with Gasteiger partial charge >= 0.3 is 6.09 Å². The monoisotopic (exact) mass is 476 g/mol. The van der Waals surface area contributed by atoms with E-state index in [2.05, 4.69) is 25.7 Å². The molecule has 9 nitrogen and oxygen atoms in total. The van der Waals surface area contributed by atoms with Gasteiger partial charge in [0.1, 0.15) is 5.75 Å². The van der Waals surface area contributed by atoms with Gasteiger partial charge in [0.05, 0.1) is 12.6 Å². The summed E-state index contributed by atoms with van der Waals surface area (Å²) in [4.78, 5) is 26.4. The van der Waals surface area contributed by atoms with Crippen molar-refractivity contribution in [2.45, 2.75) is 52.7 Å². The standard InChI is InChI=1S/C26H32N6O3/c1-17(2)24(33)22(27-18(3)4)15-19-11-13-21(14-12-19)35-26(34)32(5)16-23-28-30-25(31-29-23)20-9-7-6-8-10-20/h6-14,17-18,22,27H,15-16H2,1-5H3/t22-/m1/s1. The Bertz CT molecular complexity index is 1100. The highest BCUT2D eigenvalue weighted by atomic mass is 16.6. The number of rotatable bonds is 10. The van der Waals surface area contributed by atoms with Gasteiger partial charge in [0.25, 0.3) is 0 Å². The van der Waals surface area contributed by atoms with Gasteiger partial charge in [0.2, 0.25) is 5.82 Å². The van der Waals surface area contributed by atoms with E-state index in [9.17, 15) is 9.59 Å². The van der Waals surface area contributed by atoms with E-state index in [4.69, 9.17) is 4.74 Å². The molecular formula is C26H32N6O3. The van der Waals surface area contributed by atoms with Gasteiger partial charge in [-0.2, -0.15) is 0 Å². The lowest BCUT2D eigenvalue weighted by molar-refractivity contribution is -0.124. The van der Waals surface area contributed by atoms with Gasteiger partial charge < -0.3 is 15.0 Å². The van der Waals surface area contributed by atoms with Gasteiger partial charge in [0, 0.05) is 24.6 Å². The number of hydrogen-bond donors (Lipinski definition) is 1. The fourth-order valence-electron chi connectivity index (χ4n) is 3.45. The van der Waals surface area contributed by atoms with Crippen molar-refractivity contribution in [3.8, 4) is 17.1 Å². The van der Waals surface area contributed by atoms with Crippen LogP contribution >= 0.6 is 0 Å². The fraction of sp³-hybridized carbons (Fsp3) is 0.385. The van der Waals surface area contributed by atoms with E-state index in [1.54, 1.807) is 19.2 Å². The third kappa shape index (κ3) is 7.65. The second-order valence-electron chi connectivity index (χ2n) is 9.01. The molecule has 3 aromatic rings. The van der Waals surface area contributed by atoms with Crippen LogP contribution in [0, 0.1) is 5.92 Å². The molecule has 0 aliphatic carbocycles. The summed E-state index contributed by atoms with van der Waals surface area (Å²) in [5.74, 6) is 1.26. The molecule has 1 aromatic heterocycles. The number of ketones is 1. The lowest BCUT2D eigenvalue weighted by atomic mass is 9.95. The Labute approximate surface area is 205 Å². The first-order valence-corrected chi connectivity index (χ1v) is 11.7. The molecule has 0 fully saturated rings. The molecule has 0 unspecified atom stereocenters. The number of nitrogens with one attached hydrogen (secondary N) is 1. The highest BCUT2D eigenvalue weighted by molar-refractivity contribution is 5.86. The van der Waals surface area contributed by atoms with Crippen LogP contribution in [0.25, 0.3) is 11.4 Å². The Balaban J connectivity index is 1.56. The largest absolute Gasteiger partial charge is 0.415 e. The first kappa shape index (κ1) is 25.9. The molecule has 184 valence electrons. The maximum atomic E-state index is 12.6. The molecule has 1 heterocycles. The number of carbonyl (C=O) groups excluding carboxylic acids is 2. The van der Waals surface area contributed by atoms with Crippen LogP contribution in [-0.2, 0) is 17.8 Å². The van der Waals surface area contributed by atoms with Crippen molar-refractivity contribution in [1.29, 1.82) is 0 Å². The Hall–Kier alpha value is -3.72. The van der Waals surface area contributed by atoms with Crippen LogP contribution in [0.1, 0.15) is 39.1 Å². The minimum atomic E-state index is -0.553. The molecule has 0 aliphatic rings. The molecule has 0 bridgehead atoms. The molecule has 0 saturated heterocycles. The molecule has 1 atom stereocenters. The maximum Gasteiger partial charge on any atom is 0.415 e. The van der Waals surface area contributed by atoms with E-state index >= 15 is 0 Å². The number of nitrogens with zero attached hydrogens (tertiary/aromatic N) is 5. The number of amides is 1. The highest BCUT2D eigenvalue weighted by Crippen LogP contribution is 2.17. The predicted molar refractivity (Wildman–Crippen MR) is 133 cm³/mol. The zero-order valence-corrected chi connectivity index (χ0v) is 20.8. The SMILES string of the molecule is CC(C)N[C@H](Cc1ccc(OC(=O)N(C)Cc2nnc(-c3ccccc3)nn2)cc1)C(=O)C(C)C. The van der Waals surface area contributed by atoms with Crippen LogP contribution in [0.3, 0.4) is 0 Å². The summed E-state index contributed by atoms with van der Waals surface area (Å²) in [6.45, 7) is 7.96. The summed E-state index contributed by atoms with van der Waals surface area (Å²) >= 11 is 0. The second-order valence-corrected chi connectivity index (χ2v) is 9.01. The van der Waals surface area contributed by atoms with Crippen molar-refractivity contribution in [2.75, 3.05) is 7.05 Å². The summed E-state index contributed by atoms with van der Waals surface area (Å²) in [5, 5.41) is 19.6. The van der Waals surface area contributed by atoms with Crippen molar-refractivity contribution in [3.63, 3.8) is 0 Å². The Morgan fingerprint density at radius 1 is 0.914 bits per heavy atom. The van der Waals surface area contributed by atoms with E-state index in [0.717, 1.165) is 11.1 Å². The molecule has 2 aromatic carbocycles. The number of benzene rings is 2. The smallest absolute Gasteiger partial charge is 0.410 e. The summed E-state index contributed by atoms with van der Waals surface area (Å²) in [7, 11) is 1.59. The lowest BCUT2D eigenvalue weighted by Gasteiger charge is -2.22. The second kappa shape index (κ2) is 12.1. The first-order chi connectivity index (χ1) is 16.7. The normalized spacial score (nSPS) is 12.0. The third-order valence-corrected chi connectivity index (χ3v) is 5.26. The number of ether oxygens (including phenoxy) is 1. The Morgan fingerprint density at radius 2 is 1.54 bits per heavy atom. The number of hydrogen-bond acceptors (Lipinski definition) is 8. The molecule has 35 heavy (non-hydrogen) atoms. The van der Waals surface area contributed by atoms with E-state index in [0.29, 0.717) is 23.8 Å². The molecule has 1 amide bonds. The molecule has 0 aliphatic heterocycles. The number of aromatic nitrogens is 4. The van der Waals surface area contributed by atoms with Crippen LogP contribution in [-0.4, -0.2) is 56.3 Å². The maximum absolute atomic E-state index is 12.6. The van der Waals surface area contributed by atoms with E-state index in [1.165, 1.54) is 4.90 Å². The zero-order valence-electron chi connectivity index (χ0n) is 20.8. The third-order valence-electron chi connectivity index (χ3n) is 5.26. The summed E-state index contributed by atoms with van der Waals surface area (Å²) < 4.78 is 5.46. The van der Waals surface area contributed by atoms with Crippen LogP contribution < -0.4 is 10.1 Å². The van der Waals surface area contributed by atoms with E-state index < -0.39 is 6.09 Å². The summed E-state index contributed by atoms with van der Waals surface area (Å²) in [6, 6.07) is 16.5. The topological polar surface area (TPSA) is 110 Å². The zero-order chi connectivity index (χ0) is 25.4. The van der Waals surface area contributed by atoms with Crippen molar-refractivity contribution in [2.24, 2.45) is 5.92 Å². The average Bonchev–Trinajstić information content (AvgIpc) is 2.85. The van der Waals surface area contributed by atoms with Crippen molar-refractivity contribution in [3.05, 3.63) is 66.0 Å². The molecule has 0 radical (unpaired) electrons. The van der Waals surface area contributed by atoms with Crippen molar-refractivity contribution < 1.29 is 14.3 Å².